The van der Waals surface area contributed by atoms with Gasteiger partial charge in [-0.2, -0.15) is 0 Å². The molecule has 0 heterocycles. The summed E-state index contributed by atoms with van der Waals surface area (Å²) in [4.78, 5) is 13.5. The quantitative estimate of drug-likeness (QED) is 0.625. The number of carbonyl (C=O) groups excluding carboxylic acids is 1. The number of rotatable bonds is 5. The van der Waals surface area contributed by atoms with E-state index in [9.17, 15) is 4.79 Å². The van der Waals surface area contributed by atoms with E-state index in [0.717, 1.165) is 17.2 Å². The molecule has 4 atom stereocenters. The summed E-state index contributed by atoms with van der Waals surface area (Å²) < 4.78 is 0. The van der Waals surface area contributed by atoms with Gasteiger partial charge < -0.3 is 11.1 Å². The topological polar surface area (TPSA) is 55.1 Å². The average Bonchev–Trinajstić information content (AvgIpc) is 3.06. The predicted octanol–water partition coefficient (Wildman–Crippen LogP) is 3.34. The lowest BCUT2D eigenvalue weighted by molar-refractivity contribution is -0.126. The lowest BCUT2D eigenvalue weighted by atomic mass is 9.84. The Morgan fingerprint density at radius 1 is 1.27 bits per heavy atom. The van der Waals surface area contributed by atoms with Crippen molar-refractivity contribution >= 4 is 41.7 Å². The van der Waals surface area contributed by atoms with Crippen LogP contribution >= 0.6 is 35.8 Å². The van der Waals surface area contributed by atoms with Crippen LogP contribution in [0.15, 0.2) is 29.2 Å². The average molecular weight is 361 g/mol. The number of fused-ring (bicyclic) bond motifs is 2. The lowest BCUT2D eigenvalue weighted by Gasteiger charge is -2.26. The molecule has 3 N–H and O–H groups in total. The van der Waals surface area contributed by atoms with Gasteiger partial charge in [0.05, 0.1) is 5.92 Å². The second kappa shape index (κ2) is 7.91. The second-order valence-corrected chi connectivity index (χ2v) is 7.63. The Morgan fingerprint density at radius 3 is 2.59 bits per heavy atom. The number of benzene rings is 1. The molecule has 2 aliphatic carbocycles. The van der Waals surface area contributed by atoms with Crippen molar-refractivity contribution in [1.82, 2.24) is 5.32 Å². The van der Waals surface area contributed by atoms with Crippen LogP contribution in [-0.2, 0) is 4.79 Å². The largest absolute Gasteiger partial charge is 0.355 e. The van der Waals surface area contributed by atoms with E-state index in [-0.39, 0.29) is 30.3 Å². The van der Waals surface area contributed by atoms with E-state index in [2.05, 4.69) is 5.32 Å². The summed E-state index contributed by atoms with van der Waals surface area (Å²) in [7, 11) is 0. The van der Waals surface area contributed by atoms with Crippen molar-refractivity contribution in [3.8, 4) is 0 Å². The Kier molecular flexibility index (Phi) is 6.45. The molecule has 22 heavy (non-hydrogen) atoms. The molecule has 0 saturated heterocycles. The Labute approximate surface area is 147 Å². The van der Waals surface area contributed by atoms with Crippen LogP contribution in [0.2, 0.25) is 5.02 Å². The lowest BCUT2D eigenvalue weighted by Crippen LogP contribution is -2.45. The van der Waals surface area contributed by atoms with Crippen LogP contribution < -0.4 is 11.1 Å². The molecule has 2 bridgehead atoms. The SMILES string of the molecule is Cl.NC1C2CCC(C2)C1C(=O)NCCSc1ccc(Cl)cc1. The van der Waals surface area contributed by atoms with Gasteiger partial charge in [0.15, 0.2) is 0 Å². The smallest absolute Gasteiger partial charge is 0.224 e. The maximum atomic E-state index is 12.3. The first-order chi connectivity index (χ1) is 10.1. The van der Waals surface area contributed by atoms with Crippen LogP contribution in [0.4, 0.5) is 0 Å². The highest BCUT2D eigenvalue weighted by atomic mass is 35.5. The minimum absolute atomic E-state index is 0. The molecule has 2 fully saturated rings. The van der Waals surface area contributed by atoms with Crippen LogP contribution in [0, 0.1) is 17.8 Å². The van der Waals surface area contributed by atoms with Crippen molar-refractivity contribution in [2.45, 2.75) is 30.2 Å². The molecule has 2 saturated carbocycles. The molecule has 0 aliphatic heterocycles. The summed E-state index contributed by atoms with van der Waals surface area (Å²) in [5, 5.41) is 3.80. The van der Waals surface area contributed by atoms with Crippen LogP contribution in [0.5, 0.6) is 0 Å². The highest BCUT2D eigenvalue weighted by molar-refractivity contribution is 7.99. The summed E-state index contributed by atoms with van der Waals surface area (Å²) in [5.74, 6) is 2.17. The molecule has 2 aliphatic rings. The standard InChI is InChI=1S/C16H21ClN2OS.ClH/c17-12-3-5-13(6-4-12)21-8-7-19-16(20)14-10-1-2-11(9-10)15(14)18;/h3-6,10-11,14-15H,1-2,7-9,18H2,(H,19,20);1H. The molecule has 1 amide bonds. The van der Waals surface area contributed by atoms with Gasteiger partial charge in [-0.1, -0.05) is 11.6 Å². The maximum Gasteiger partial charge on any atom is 0.224 e. The minimum atomic E-state index is 0. The normalized spacial score (nSPS) is 29.2. The zero-order chi connectivity index (χ0) is 14.8. The Balaban J connectivity index is 0.00000176. The van der Waals surface area contributed by atoms with Crippen LogP contribution in [0.25, 0.3) is 0 Å². The molecule has 0 aromatic heterocycles. The first-order valence-electron chi connectivity index (χ1n) is 7.57. The summed E-state index contributed by atoms with van der Waals surface area (Å²) in [6.07, 6.45) is 3.54. The number of hydrogen-bond donors (Lipinski definition) is 2. The Bertz CT molecular complexity index is 509. The van der Waals surface area contributed by atoms with E-state index in [4.69, 9.17) is 17.3 Å². The van der Waals surface area contributed by atoms with Crippen LogP contribution in [0.1, 0.15) is 19.3 Å². The molecule has 3 rings (SSSR count). The van der Waals surface area contributed by atoms with Gasteiger partial charge in [0.25, 0.3) is 0 Å². The van der Waals surface area contributed by atoms with Crippen LogP contribution in [-0.4, -0.2) is 24.2 Å². The fraction of sp³-hybridized carbons (Fsp3) is 0.562. The number of amides is 1. The van der Waals surface area contributed by atoms with Crippen molar-refractivity contribution in [3.63, 3.8) is 0 Å². The fourth-order valence-corrected chi connectivity index (χ4v) is 4.61. The first kappa shape index (κ1) is 17.9. The third-order valence-corrected chi connectivity index (χ3v) is 6.03. The fourth-order valence-electron chi connectivity index (χ4n) is 3.72. The number of halogens is 2. The third kappa shape index (κ3) is 3.91. The summed E-state index contributed by atoms with van der Waals surface area (Å²) >= 11 is 7.58. The zero-order valence-electron chi connectivity index (χ0n) is 12.3. The predicted molar refractivity (Wildman–Crippen MR) is 94.7 cm³/mol. The third-order valence-electron chi connectivity index (χ3n) is 4.77. The molecule has 4 unspecified atom stereocenters. The van der Waals surface area contributed by atoms with Crippen molar-refractivity contribution in [2.24, 2.45) is 23.5 Å². The molecule has 0 radical (unpaired) electrons. The molecule has 1 aromatic rings. The summed E-state index contributed by atoms with van der Waals surface area (Å²) in [5.41, 5.74) is 6.20. The van der Waals surface area contributed by atoms with E-state index in [1.807, 2.05) is 24.3 Å². The Morgan fingerprint density at radius 2 is 1.95 bits per heavy atom. The van der Waals surface area contributed by atoms with Gasteiger partial charge in [0.1, 0.15) is 0 Å². The molecule has 1 aromatic carbocycles. The van der Waals surface area contributed by atoms with Crippen molar-refractivity contribution in [1.29, 1.82) is 0 Å². The molecule has 3 nitrogen and oxygen atoms in total. The first-order valence-corrected chi connectivity index (χ1v) is 8.93. The van der Waals surface area contributed by atoms with E-state index < -0.39 is 0 Å². The maximum absolute atomic E-state index is 12.3. The molecule has 0 spiro atoms. The Hall–Kier alpha value is -0.420. The summed E-state index contributed by atoms with van der Waals surface area (Å²) in [6, 6.07) is 7.85. The molecular formula is C16H22Cl2N2OS. The molecular weight excluding hydrogens is 339 g/mol. The van der Waals surface area contributed by atoms with E-state index in [0.29, 0.717) is 18.4 Å². The monoisotopic (exact) mass is 360 g/mol. The number of hydrogen-bond acceptors (Lipinski definition) is 3. The van der Waals surface area contributed by atoms with Crippen molar-refractivity contribution < 1.29 is 4.79 Å². The van der Waals surface area contributed by atoms with Crippen molar-refractivity contribution in [2.75, 3.05) is 12.3 Å². The number of thioether (sulfide) groups is 1. The highest BCUT2D eigenvalue weighted by Gasteiger charge is 2.48. The zero-order valence-corrected chi connectivity index (χ0v) is 14.7. The number of nitrogens with one attached hydrogen (secondary N) is 1. The van der Waals surface area contributed by atoms with Gasteiger partial charge in [-0.3, -0.25) is 4.79 Å². The van der Waals surface area contributed by atoms with Gasteiger partial charge >= 0.3 is 0 Å². The number of carbonyl (C=O) groups is 1. The van der Waals surface area contributed by atoms with Gasteiger partial charge in [0, 0.05) is 28.3 Å². The van der Waals surface area contributed by atoms with E-state index in [1.54, 1.807) is 11.8 Å². The van der Waals surface area contributed by atoms with E-state index in [1.165, 1.54) is 17.7 Å². The molecule has 6 heteroatoms. The van der Waals surface area contributed by atoms with Crippen LogP contribution in [0.3, 0.4) is 0 Å². The number of nitrogens with two attached hydrogens (primary N) is 1. The van der Waals surface area contributed by atoms with Gasteiger partial charge in [-0.15, -0.1) is 24.2 Å². The van der Waals surface area contributed by atoms with E-state index >= 15 is 0 Å². The minimum Gasteiger partial charge on any atom is -0.355 e. The molecule has 122 valence electrons. The summed E-state index contributed by atoms with van der Waals surface area (Å²) in [6.45, 7) is 0.687. The van der Waals surface area contributed by atoms with Gasteiger partial charge in [-0.25, -0.2) is 0 Å². The highest BCUT2D eigenvalue weighted by Crippen LogP contribution is 2.47. The van der Waals surface area contributed by atoms with Gasteiger partial charge in [-0.05, 0) is 55.4 Å². The van der Waals surface area contributed by atoms with Gasteiger partial charge in [0.2, 0.25) is 5.91 Å². The van der Waals surface area contributed by atoms with Crippen molar-refractivity contribution in [3.05, 3.63) is 29.3 Å². The second-order valence-electron chi connectivity index (χ2n) is 6.03.